The third-order valence-corrected chi connectivity index (χ3v) is 2.83. The van der Waals surface area contributed by atoms with Gasteiger partial charge in [0.15, 0.2) is 0 Å². The van der Waals surface area contributed by atoms with Gasteiger partial charge in [0.05, 0.1) is 0 Å². The van der Waals surface area contributed by atoms with Crippen LogP contribution in [0.4, 0.5) is 10.1 Å². The van der Waals surface area contributed by atoms with Crippen molar-refractivity contribution in [3.8, 4) is 0 Å². The number of hydrogen-bond donors (Lipinski definition) is 2. The quantitative estimate of drug-likeness (QED) is 0.793. The number of nitrogens with one attached hydrogen (secondary N) is 1. The Bertz CT molecular complexity index is 598. The van der Waals surface area contributed by atoms with Gasteiger partial charge in [0.2, 0.25) is 0 Å². The highest BCUT2D eigenvalue weighted by Gasteiger charge is 2.08. The second-order valence-electron chi connectivity index (χ2n) is 3.96. The molecule has 2 aromatic carbocycles. The highest BCUT2D eigenvalue weighted by Crippen LogP contribution is 2.17. The van der Waals surface area contributed by atoms with Gasteiger partial charge in [0.1, 0.15) is 5.82 Å². The summed E-state index contributed by atoms with van der Waals surface area (Å²) in [6.07, 6.45) is 0. The molecular weight excluding hydrogens is 249 g/mol. The predicted octanol–water partition coefficient (Wildman–Crippen LogP) is 3.68. The van der Waals surface area contributed by atoms with Crippen molar-refractivity contribution in [1.82, 2.24) is 0 Å². The molecule has 92 valence electrons. The van der Waals surface area contributed by atoms with Crippen molar-refractivity contribution < 1.29 is 9.18 Å². The number of aryl methyl sites for hydroxylation is 1. The molecule has 2 rings (SSSR count). The zero-order chi connectivity index (χ0) is 13.1. The lowest BCUT2D eigenvalue weighted by Crippen LogP contribution is -2.12. The zero-order valence-electron chi connectivity index (χ0n) is 9.77. The standard InChI is InChI=1S/C14H12FNOS/c1-9-5-6-11(15)8-13(9)16-14(17)10-3-2-4-12(18)7-10/h2-8,18H,1H3,(H,16,17). The number of amides is 1. The summed E-state index contributed by atoms with van der Waals surface area (Å²) >= 11 is 4.17. The minimum absolute atomic E-state index is 0.278. The summed E-state index contributed by atoms with van der Waals surface area (Å²) in [7, 11) is 0. The molecule has 0 fully saturated rings. The third-order valence-electron chi connectivity index (χ3n) is 2.56. The van der Waals surface area contributed by atoms with E-state index >= 15 is 0 Å². The third kappa shape index (κ3) is 2.90. The SMILES string of the molecule is Cc1ccc(F)cc1NC(=O)c1cccc(S)c1. The van der Waals surface area contributed by atoms with Crippen LogP contribution in [0.5, 0.6) is 0 Å². The number of hydrogen-bond acceptors (Lipinski definition) is 2. The first-order chi connectivity index (χ1) is 8.56. The monoisotopic (exact) mass is 261 g/mol. The van der Waals surface area contributed by atoms with Crippen molar-refractivity contribution in [2.24, 2.45) is 0 Å². The largest absolute Gasteiger partial charge is 0.322 e. The van der Waals surface area contributed by atoms with E-state index in [0.29, 0.717) is 16.1 Å². The molecule has 1 amide bonds. The fraction of sp³-hybridized carbons (Fsp3) is 0.0714. The lowest BCUT2D eigenvalue weighted by atomic mass is 10.1. The topological polar surface area (TPSA) is 29.1 Å². The number of rotatable bonds is 2. The smallest absolute Gasteiger partial charge is 0.255 e. The summed E-state index contributed by atoms with van der Waals surface area (Å²) < 4.78 is 13.1. The maximum Gasteiger partial charge on any atom is 0.255 e. The van der Waals surface area contributed by atoms with E-state index in [9.17, 15) is 9.18 Å². The van der Waals surface area contributed by atoms with Crippen LogP contribution in [0.3, 0.4) is 0 Å². The van der Waals surface area contributed by atoms with Gasteiger partial charge in [0.25, 0.3) is 5.91 Å². The van der Waals surface area contributed by atoms with E-state index in [1.165, 1.54) is 12.1 Å². The van der Waals surface area contributed by atoms with Crippen LogP contribution in [-0.2, 0) is 0 Å². The average molecular weight is 261 g/mol. The summed E-state index contributed by atoms with van der Waals surface area (Å²) in [4.78, 5) is 12.7. The molecule has 0 aromatic heterocycles. The van der Waals surface area contributed by atoms with Crippen molar-refractivity contribution in [2.75, 3.05) is 5.32 Å². The molecule has 0 unspecified atom stereocenters. The van der Waals surface area contributed by atoms with E-state index in [-0.39, 0.29) is 11.7 Å². The fourth-order valence-electron chi connectivity index (χ4n) is 1.57. The minimum Gasteiger partial charge on any atom is -0.322 e. The molecule has 0 aliphatic heterocycles. The minimum atomic E-state index is -0.376. The molecule has 4 heteroatoms. The lowest BCUT2D eigenvalue weighted by molar-refractivity contribution is 0.102. The summed E-state index contributed by atoms with van der Waals surface area (Å²) in [5, 5.41) is 2.68. The van der Waals surface area contributed by atoms with E-state index in [1.807, 2.05) is 6.92 Å². The Kier molecular flexibility index (Phi) is 3.67. The van der Waals surface area contributed by atoms with Crippen molar-refractivity contribution in [1.29, 1.82) is 0 Å². The van der Waals surface area contributed by atoms with Crippen molar-refractivity contribution in [3.63, 3.8) is 0 Å². The maximum absolute atomic E-state index is 13.1. The molecule has 18 heavy (non-hydrogen) atoms. The number of carbonyl (C=O) groups is 1. The van der Waals surface area contributed by atoms with Gasteiger partial charge in [-0.2, -0.15) is 0 Å². The Morgan fingerprint density at radius 1 is 1.22 bits per heavy atom. The molecule has 2 aromatic rings. The molecule has 2 nitrogen and oxygen atoms in total. The molecule has 0 saturated carbocycles. The van der Waals surface area contributed by atoms with Gasteiger partial charge < -0.3 is 5.32 Å². The first-order valence-corrected chi connectivity index (χ1v) is 5.87. The summed E-state index contributed by atoms with van der Waals surface area (Å²) in [6, 6.07) is 11.2. The van der Waals surface area contributed by atoms with Gasteiger partial charge in [-0.15, -0.1) is 12.6 Å². The van der Waals surface area contributed by atoms with Gasteiger partial charge in [-0.25, -0.2) is 4.39 Å². The van der Waals surface area contributed by atoms with Crippen LogP contribution in [0.2, 0.25) is 0 Å². The number of thiol groups is 1. The van der Waals surface area contributed by atoms with E-state index in [0.717, 1.165) is 5.56 Å². The summed E-state index contributed by atoms with van der Waals surface area (Å²) in [5.74, 6) is -0.654. The summed E-state index contributed by atoms with van der Waals surface area (Å²) in [6.45, 7) is 1.81. The van der Waals surface area contributed by atoms with E-state index in [4.69, 9.17) is 0 Å². The van der Waals surface area contributed by atoms with Gasteiger partial charge in [-0.05, 0) is 42.8 Å². The van der Waals surface area contributed by atoms with Crippen LogP contribution >= 0.6 is 12.6 Å². The molecule has 0 saturated heterocycles. The Balaban J connectivity index is 2.24. The van der Waals surface area contributed by atoms with E-state index < -0.39 is 0 Å². The van der Waals surface area contributed by atoms with Crippen LogP contribution in [0.1, 0.15) is 15.9 Å². The van der Waals surface area contributed by atoms with Gasteiger partial charge in [-0.3, -0.25) is 4.79 Å². The molecule has 0 aliphatic carbocycles. The maximum atomic E-state index is 13.1. The van der Waals surface area contributed by atoms with Crippen LogP contribution < -0.4 is 5.32 Å². The molecule has 0 spiro atoms. The number of anilines is 1. The molecule has 1 N–H and O–H groups in total. The Morgan fingerprint density at radius 2 is 2.00 bits per heavy atom. The molecule has 0 bridgehead atoms. The molecule has 0 aliphatic rings. The second kappa shape index (κ2) is 5.23. The van der Waals surface area contributed by atoms with Crippen molar-refractivity contribution in [3.05, 3.63) is 59.4 Å². The highest BCUT2D eigenvalue weighted by molar-refractivity contribution is 7.80. The molecule has 0 radical (unpaired) electrons. The van der Waals surface area contributed by atoms with E-state index in [1.54, 1.807) is 30.3 Å². The van der Waals surface area contributed by atoms with Crippen LogP contribution in [-0.4, -0.2) is 5.91 Å². The van der Waals surface area contributed by atoms with Crippen LogP contribution in [0.15, 0.2) is 47.4 Å². The predicted molar refractivity (Wildman–Crippen MR) is 72.8 cm³/mol. The number of benzene rings is 2. The molecule has 0 atom stereocenters. The Morgan fingerprint density at radius 3 is 2.72 bits per heavy atom. The van der Waals surface area contributed by atoms with Gasteiger partial charge in [0, 0.05) is 16.1 Å². The highest BCUT2D eigenvalue weighted by atomic mass is 32.1. The van der Waals surface area contributed by atoms with Crippen molar-refractivity contribution >= 4 is 24.2 Å². The van der Waals surface area contributed by atoms with Crippen molar-refractivity contribution in [2.45, 2.75) is 11.8 Å². The normalized spacial score (nSPS) is 10.2. The van der Waals surface area contributed by atoms with E-state index in [2.05, 4.69) is 17.9 Å². The van der Waals surface area contributed by atoms with Gasteiger partial charge in [-0.1, -0.05) is 12.1 Å². The first kappa shape index (κ1) is 12.6. The Hall–Kier alpha value is -1.81. The Labute approximate surface area is 110 Å². The van der Waals surface area contributed by atoms with Crippen LogP contribution in [0, 0.1) is 12.7 Å². The summed E-state index contributed by atoms with van der Waals surface area (Å²) in [5.41, 5.74) is 1.78. The number of carbonyl (C=O) groups excluding carboxylic acids is 1. The van der Waals surface area contributed by atoms with Gasteiger partial charge >= 0.3 is 0 Å². The number of halogens is 1. The zero-order valence-corrected chi connectivity index (χ0v) is 10.7. The van der Waals surface area contributed by atoms with Crippen LogP contribution in [0.25, 0.3) is 0 Å². The molecular formula is C14H12FNOS. The fourth-order valence-corrected chi connectivity index (χ4v) is 1.80. The average Bonchev–Trinajstić information content (AvgIpc) is 2.34. The first-order valence-electron chi connectivity index (χ1n) is 5.43. The second-order valence-corrected chi connectivity index (χ2v) is 4.48. The lowest BCUT2D eigenvalue weighted by Gasteiger charge is -2.08. The molecule has 0 heterocycles.